The van der Waals surface area contributed by atoms with Gasteiger partial charge in [-0.1, -0.05) is 24.6 Å². The van der Waals surface area contributed by atoms with Gasteiger partial charge in [-0.3, -0.25) is 14.7 Å². The summed E-state index contributed by atoms with van der Waals surface area (Å²) < 4.78 is 19.0. The highest BCUT2D eigenvalue weighted by atomic mass is 35.5. The Morgan fingerprint density at radius 3 is 2.89 bits per heavy atom. The third kappa shape index (κ3) is 5.91. The van der Waals surface area contributed by atoms with Crippen molar-refractivity contribution < 1.29 is 23.8 Å². The molecule has 0 amide bonds. The van der Waals surface area contributed by atoms with Crippen LogP contribution < -0.4 is 5.32 Å². The fourth-order valence-corrected chi connectivity index (χ4v) is 6.30. The van der Waals surface area contributed by atoms with Gasteiger partial charge in [-0.15, -0.1) is 11.3 Å². The van der Waals surface area contributed by atoms with Crippen molar-refractivity contribution in [2.75, 3.05) is 31.7 Å². The summed E-state index contributed by atoms with van der Waals surface area (Å²) in [6.07, 6.45) is 2.15. The Morgan fingerprint density at radius 2 is 2.22 bits per heavy atom. The molecule has 192 valence electrons. The van der Waals surface area contributed by atoms with Gasteiger partial charge >= 0.3 is 11.9 Å². The first-order chi connectivity index (χ1) is 17.3. The van der Waals surface area contributed by atoms with E-state index in [2.05, 4.69) is 15.2 Å². The van der Waals surface area contributed by atoms with Crippen LogP contribution in [0, 0.1) is 11.7 Å². The average Bonchev–Trinajstić information content (AvgIpc) is 3.39. The molecule has 2 N–H and O–H groups in total. The zero-order valence-corrected chi connectivity index (χ0v) is 22.1. The number of rotatable bonds is 8. The van der Waals surface area contributed by atoms with E-state index in [1.54, 1.807) is 24.9 Å². The highest BCUT2D eigenvalue weighted by molar-refractivity contribution is 7.99. The van der Waals surface area contributed by atoms with Crippen LogP contribution in [0.25, 0.3) is 0 Å². The number of aromatic nitrogens is 1. The molecule has 1 fully saturated rings. The number of esters is 1. The normalized spacial score (nSPS) is 21.5. The molecule has 3 heterocycles. The Kier molecular flexibility index (Phi) is 8.66. The first-order valence-electron chi connectivity index (χ1n) is 11.3. The number of thioether (sulfide) groups is 1. The monoisotopic (exact) mass is 552 g/mol. The summed E-state index contributed by atoms with van der Waals surface area (Å²) in [5.41, 5.74) is 1.32. The van der Waals surface area contributed by atoms with Gasteiger partial charge in [0, 0.05) is 58.5 Å². The summed E-state index contributed by atoms with van der Waals surface area (Å²) in [4.78, 5) is 35.9. The van der Waals surface area contributed by atoms with Crippen molar-refractivity contribution in [3.63, 3.8) is 0 Å². The number of carbonyl (C=O) groups excluding carboxylic acids is 1. The van der Waals surface area contributed by atoms with Crippen molar-refractivity contribution in [3.8, 4) is 0 Å². The van der Waals surface area contributed by atoms with Gasteiger partial charge in [0.15, 0.2) is 10.8 Å². The minimum absolute atomic E-state index is 0.0121. The number of carboxylic acid groups (broad SMARTS) is 1. The molecule has 2 aliphatic heterocycles. The molecule has 2 aliphatic rings. The SMILES string of the molecule is COC(=O)C1=C(CN2CCSC[C@H]2CC(C)C(=O)O)NC(c2nccs2)=N[C@H]1c1ccc(F)cc1Cl. The smallest absolute Gasteiger partial charge is 0.338 e. The number of carbonyl (C=O) groups is 2. The number of thiazole rings is 1. The number of nitrogens with zero attached hydrogens (tertiary/aromatic N) is 3. The van der Waals surface area contributed by atoms with Crippen molar-refractivity contribution >= 4 is 52.5 Å². The Balaban J connectivity index is 1.77. The lowest BCUT2D eigenvalue weighted by Crippen LogP contribution is -2.47. The van der Waals surface area contributed by atoms with Crippen LogP contribution in [0.1, 0.15) is 30.0 Å². The van der Waals surface area contributed by atoms with Crippen molar-refractivity contribution in [1.82, 2.24) is 15.2 Å². The number of amidine groups is 1. The maximum absolute atomic E-state index is 13.8. The molecule has 8 nitrogen and oxygen atoms in total. The van der Waals surface area contributed by atoms with Crippen LogP contribution in [-0.2, 0) is 14.3 Å². The van der Waals surface area contributed by atoms with Gasteiger partial charge in [0.2, 0.25) is 0 Å². The van der Waals surface area contributed by atoms with Crippen molar-refractivity contribution in [2.45, 2.75) is 25.4 Å². The second-order valence-corrected chi connectivity index (χ2v) is 11.0. The highest BCUT2D eigenvalue weighted by Crippen LogP contribution is 2.37. The third-order valence-electron chi connectivity index (χ3n) is 6.18. The highest BCUT2D eigenvalue weighted by Gasteiger charge is 2.36. The van der Waals surface area contributed by atoms with E-state index in [1.807, 2.05) is 5.38 Å². The summed E-state index contributed by atoms with van der Waals surface area (Å²) >= 11 is 9.59. The van der Waals surface area contributed by atoms with Gasteiger partial charge in [0.25, 0.3) is 0 Å². The van der Waals surface area contributed by atoms with Crippen molar-refractivity contribution in [2.24, 2.45) is 10.9 Å². The number of ether oxygens (including phenoxy) is 1. The predicted octanol–water partition coefficient (Wildman–Crippen LogP) is 3.98. The summed E-state index contributed by atoms with van der Waals surface area (Å²) in [7, 11) is 1.30. The third-order valence-corrected chi connectivity index (χ3v) is 8.38. The molecule has 0 aliphatic carbocycles. The lowest BCUT2D eigenvalue weighted by molar-refractivity contribution is -0.141. The van der Waals surface area contributed by atoms with Gasteiger partial charge in [-0.05, 0) is 18.6 Å². The second-order valence-electron chi connectivity index (χ2n) is 8.57. The fraction of sp³-hybridized carbons (Fsp3) is 0.417. The van der Waals surface area contributed by atoms with Crippen molar-refractivity contribution in [3.05, 3.63) is 62.5 Å². The van der Waals surface area contributed by atoms with E-state index in [9.17, 15) is 19.1 Å². The number of aliphatic imine (C=N–C) groups is 1. The molecule has 1 unspecified atom stereocenters. The first-order valence-corrected chi connectivity index (χ1v) is 13.7. The van der Waals surface area contributed by atoms with E-state index < -0.39 is 29.7 Å². The van der Waals surface area contributed by atoms with Crippen molar-refractivity contribution in [1.29, 1.82) is 0 Å². The summed E-state index contributed by atoms with van der Waals surface area (Å²) in [6.45, 7) is 2.78. The Hall–Kier alpha value is -2.47. The summed E-state index contributed by atoms with van der Waals surface area (Å²) in [5.74, 6) is -0.250. The van der Waals surface area contributed by atoms with Crippen LogP contribution in [0.3, 0.4) is 0 Å². The van der Waals surface area contributed by atoms with Gasteiger partial charge in [-0.2, -0.15) is 11.8 Å². The summed E-state index contributed by atoms with van der Waals surface area (Å²) in [6, 6.07) is 3.17. The molecular weight excluding hydrogens is 527 g/mol. The van der Waals surface area contributed by atoms with E-state index in [0.29, 0.717) is 35.1 Å². The first kappa shape index (κ1) is 26.6. The molecule has 4 rings (SSSR count). The van der Waals surface area contributed by atoms with Crippen LogP contribution in [0.2, 0.25) is 5.02 Å². The number of methoxy groups -OCH3 is 1. The zero-order valence-electron chi connectivity index (χ0n) is 19.7. The lowest BCUT2D eigenvalue weighted by atomic mass is 9.94. The Bertz CT molecular complexity index is 1190. The Morgan fingerprint density at radius 1 is 1.42 bits per heavy atom. The van der Waals surface area contributed by atoms with Crippen LogP contribution in [0.5, 0.6) is 0 Å². The van der Waals surface area contributed by atoms with E-state index >= 15 is 0 Å². The molecule has 36 heavy (non-hydrogen) atoms. The molecular formula is C24H26ClFN4O4S2. The number of nitrogens with one attached hydrogen (secondary N) is 1. The largest absolute Gasteiger partial charge is 0.481 e. The number of carboxylic acids is 1. The average molecular weight is 553 g/mol. The van der Waals surface area contributed by atoms with Crippen LogP contribution in [0.4, 0.5) is 4.39 Å². The standard InChI is InChI=1S/C24H26ClFN4O4S2/c1-13(23(31)32)9-15-12-35-8-6-30(15)11-18-19(24(33)34-2)20(16-4-3-14(26)10-17(16)25)29-21(28-18)22-27-5-7-36-22/h3-5,7,10,13,15,20H,6,8-9,11-12H2,1-2H3,(H,28,29)(H,31,32)/t13?,15-,20+/m1/s1. The van der Waals surface area contributed by atoms with Crippen LogP contribution in [-0.4, -0.2) is 70.5 Å². The van der Waals surface area contributed by atoms with Crippen LogP contribution >= 0.6 is 34.7 Å². The molecule has 0 saturated carbocycles. The maximum atomic E-state index is 13.8. The topological polar surface area (TPSA) is 104 Å². The fourth-order valence-electron chi connectivity index (χ4n) is 4.29. The van der Waals surface area contributed by atoms with Crippen LogP contribution in [0.15, 0.2) is 46.0 Å². The molecule has 2 aromatic rings. The number of halogens is 2. The van der Waals surface area contributed by atoms with E-state index in [-0.39, 0.29) is 16.6 Å². The molecule has 12 heteroatoms. The molecule has 1 saturated heterocycles. The molecule has 1 aromatic carbocycles. The van der Waals surface area contributed by atoms with Gasteiger partial charge in [0.1, 0.15) is 11.9 Å². The minimum atomic E-state index is -0.837. The molecule has 3 atom stereocenters. The number of hydrogen-bond donors (Lipinski definition) is 2. The van der Waals surface area contributed by atoms with Gasteiger partial charge in [0.05, 0.1) is 18.6 Å². The zero-order chi connectivity index (χ0) is 25.8. The van der Waals surface area contributed by atoms with E-state index in [4.69, 9.17) is 21.3 Å². The quantitative estimate of drug-likeness (QED) is 0.474. The molecule has 0 bridgehead atoms. The Labute approximate surface area is 221 Å². The van der Waals surface area contributed by atoms with Gasteiger partial charge < -0.3 is 15.2 Å². The van der Waals surface area contributed by atoms with Gasteiger partial charge in [-0.25, -0.2) is 14.2 Å². The van der Waals surface area contributed by atoms with E-state index in [0.717, 1.165) is 18.1 Å². The number of hydrogen-bond acceptors (Lipinski definition) is 9. The molecule has 0 radical (unpaired) electrons. The minimum Gasteiger partial charge on any atom is -0.481 e. The lowest BCUT2D eigenvalue weighted by Gasteiger charge is -2.38. The predicted molar refractivity (Wildman–Crippen MR) is 139 cm³/mol. The van der Waals surface area contributed by atoms with E-state index in [1.165, 1.54) is 36.6 Å². The molecule has 1 aromatic heterocycles. The second kappa shape index (κ2) is 11.7. The summed E-state index contributed by atoms with van der Waals surface area (Å²) in [5, 5.41) is 15.3. The number of aliphatic carboxylic acids is 1. The maximum Gasteiger partial charge on any atom is 0.338 e. The number of benzene rings is 1. The molecule has 0 spiro atoms.